The van der Waals surface area contributed by atoms with E-state index in [9.17, 15) is 4.79 Å². The zero-order valence-corrected chi connectivity index (χ0v) is 12.4. The third-order valence-corrected chi connectivity index (χ3v) is 3.15. The van der Waals surface area contributed by atoms with Crippen molar-refractivity contribution in [2.75, 3.05) is 35.3 Å². The number of carbonyl (C=O) groups excluding carboxylic acids is 1. The molecule has 1 fully saturated rings. The SMILES string of the molecule is CCN(CC)c1nc(NN)nc(NCC(=O)NC2CC2)n1. The molecule has 0 atom stereocenters. The van der Waals surface area contributed by atoms with Crippen LogP contribution in [0, 0.1) is 0 Å². The first kappa shape index (κ1) is 15.2. The highest BCUT2D eigenvalue weighted by molar-refractivity contribution is 5.80. The van der Waals surface area contributed by atoms with Crippen LogP contribution >= 0.6 is 0 Å². The van der Waals surface area contributed by atoms with Gasteiger partial charge < -0.3 is 15.5 Å². The summed E-state index contributed by atoms with van der Waals surface area (Å²) in [5.41, 5.74) is 2.41. The average Bonchev–Trinajstić information content (AvgIpc) is 3.30. The van der Waals surface area contributed by atoms with E-state index in [-0.39, 0.29) is 18.4 Å². The first-order chi connectivity index (χ1) is 10.2. The van der Waals surface area contributed by atoms with Gasteiger partial charge in [-0.2, -0.15) is 15.0 Å². The molecule has 1 saturated carbocycles. The van der Waals surface area contributed by atoms with Gasteiger partial charge in [0.15, 0.2) is 0 Å². The minimum absolute atomic E-state index is 0.0652. The Balaban J connectivity index is 2.02. The zero-order chi connectivity index (χ0) is 15.2. The van der Waals surface area contributed by atoms with Crippen molar-refractivity contribution < 1.29 is 4.79 Å². The van der Waals surface area contributed by atoms with Crippen molar-refractivity contribution >= 4 is 23.8 Å². The Labute approximate surface area is 123 Å². The lowest BCUT2D eigenvalue weighted by atomic mass is 10.5. The number of nitrogens with zero attached hydrogens (tertiary/aromatic N) is 4. The number of carbonyl (C=O) groups is 1. The van der Waals surface area contributed by atoms with Crippen LogP contribution in [0.25, 0.3) is 0 Å². The largest absolute Gasteiger partial charge is 0.352 e. The molecular formula is C12H22N8O. The Hall–Kier alpha value is -2.16. The molecule has 1 aromatic heterocycles. The fourth-order valence-corrected chi connectivity index (χ4v) is 1.82. The van der Waals surface area contributed by atoms with Crippen LogP contribution in [0.15, 0.2) is 0 Å². The van der Waals surface area contributed by atoms with E-state index in [1.807, 2.05) is 18.7 Å². The molecule has 0 bridgehead atoms. The fourth-order valence-electron chi connectivity index (χ4n) is 1.82. The molecule has 1 heterocycles. The maximum absolute atomic E-state index is 11.7. The van der Waals surface area contributed by atoms with Crippen LogP contribution in [-0.4, -0.2) is 46.5 Å². The maximum atomic E-state index is 11.7. The van der Waals surface area contributed by atoms with Gasteiger partial charge in [0.25, 0.3) is 0 Å². The number of amides is 1. The summed E-state index contributed by atoms with van der Waals surface area (Å²) in [4.78, 5) is 26.2. The van der Waals surface area contributed by atoms with E-state index >= 15 is 0 Å². The lowest BCUT2D eigenvalue weighted by molar-refractivity contribution is -0.119. The number of hydrazine groups is 1. The molecule has 116 valence electrons. The molecule has 2 rings (SSSR count). The standard InChI is InChI=1S/C12H22N8O/c1-3-20(4-2)12-17-10(16-11(18-12)19-13)14-7-9(21)15-8-5-6-8/h8H,3-7,13H2,1-2H3,(H,15,21)(H2,14,16,17,18,19). The summed E-state index contributed by atoms with van der Waals surface area (Å²) in [6, 6.07) is 0.338. The van der Waals surface area contributed by atoms with E-state index < -0.39 is 0 Å². The molecule has 0 saturated heterocycles. The van der Waals surface area contributed by atoms with Crippen molar-refractivity contribution in [3.63, 3.8) is 0 Å². The first-order valence-electron chi connectivity index (χ1n) is 7.17. The molecule has 9 nitrogen and oxygen atoms in total. The van der Waals surface area contributed by atoms with Gasteiger partial charge in [0, 0.05) is 19.1 Å². The van der Waals surface area contributed by atoms with Crippen LogP contribution in [0.1, 0.15) is 26.7 Å². The third kappa shape index (κ3) is 4.42. The topological polar surface area (TPSA) is 121 Å². The highest BCUT2D eigenvalue weighted by atomic mass is 16.2. The molecule has 1 amide bonds. The Morgan fingerprint density at radius 2 is 1.90 bits per heavy atom. The van der Waals surface area contributed by atoms with Gasteiger partial charge in [0.05, 0.1) is 6.54 Å². The molecule has 1 aliphatic carbocycles. The third-order valence-electron chi connectivity index (χ3n) is 3.15. The summed E-state index contributed by atoms with van der Waals surface area (Å²) in [5.74, 6) is 6.41. The number of rotatable bonds is 8. The second-order valence-electron chi connectivity index (χ2n) is 4.79. The van der Waals surface area contributed by atoms with Gasteiger partial charge in [0.2, 0.25) is 23.8 Å². The number of nitrogens with two attached hydrogens (primary N) is 1. The molecule has 0 aromatic carbocycles. The number of hydrogen-bond acceptors (Lipinski definition) is 8. The van der Waals surface area contributed by atoms with Crippen LogP contribution < -0.4 is 26.8 Å². The van der Waals surface area contributed by atoms with Gasteiger partial charge in [0.1, 0.15) is 0 Å². The van der Waals surface area contributed by atoms with E-state index in [2.05, 4.69) is 31.0 Å². The van der Waals surface area contributed by atoms with Gasteiger partial charge in [-0.3, -0.25) is 10.2 Å². The smallest absolute Gasteiger partial charge is 0.243 e. The molecule has 9 heteroatoms. The zero-order valence-electron chi connectivity index (χ0n) is 12.4. The Kier molecular flexibility index (Phi) is 5.09. The number of anilines is 3. The normalized spacial score (nSPS) is 13.7. The predicted molar refractivity (Wildman–Crippen MR) is 80.9 cm³/mol. The quantitative estimate of drug-likeness (QED) is 0.381. The molecule has 0 unspecified atom stereocenters. The molecule has 0 spiro atoms. The van der Waals surface area contributed by atoms with Crippen LogP contribution in [0.4, 0.5) is 17.8 Å². The van der Waals surface area contributed by atoms with Crippen LogP contribution in [0.3, 0.4) is 0 Å². The van der Waals surface area contributed by atoms with Crippen LogP contribution in [0.2, 0.25) is 0 Å². The van der Waals surface area contributed by atoms with Crippen molar-refractivity contribution in [1.29, 1.82) is 0 Å². The van der Waals surface area contributed by atoms with E-state index in [4.69, 9.17) is 5.84 Å². The monoisotopic (exact) mass is 294 g/mol. The van der Waals surface area contributed by atoms with Crippen molar-refractivity contribution in [2.45, 2.75) is 32.7 Å². The molecule has 0 aliphatic heterocycles. The number of hydrogen-bond donors (Lipinski definition) is 4. The minimum atomic E-state index is -0.0652. The summed E-state index contributed by atoms with van der Waals surface area (Å²) >= 11 is 0. The Morgan fingerprint density at radius 1 is 1.24 bits per heavy atom. The molecular weight excluding hydrogens is 272 g/mol. The first-order valence-corrected chi connectivity index (χ1v) is 7.17. The number of aromatic nitrogens is 3. The summed E-state index contributed by atoms with van der Waals surface area (Å²) in [5, 5.41) is 5.79. The predicted octanol–water partition coefficient (Wildman–Crippen LogP) is -0.306. The average molecular weight is 294 g/mol. The van der Waals surface area contributed by atoms with E-state index in [0.717, 1.165) is 25.9 Å². The highest BCUT2D eigenvalue weighted by Gasteiger charge is 2.23. The summed E-state index contributed by atoms with van der Waals surface area (Å²) < 4.78 is 0. The molecule has 5 N–H and O–H groups in total. The van der Waals surface area contributed by atoms with Crippen molar-refractivity contribution in [1.82, 2.24) is 20.3 Å². The maximum Gasteiger partial charge on any atom is 0.243 e. The highest BCUT2D eigenvalue weighted by Crippen LogP contribution is 2.18. The van der Waals surface area contributed by atoms with Crippen molar-refractivity contribution in [3.05, 3.63) is 0 Å². The van der Waals surface area contributed by atoms with Gasteiger partial charge in [-0.25, -0.2) is 5.84 Å². The van der Waals surface area contributed by atoms with Gasteiger partial charge in [-0.05, 0) is 26.7 Å². The summed E-state index contributed by atoms with van der Waals surface area (Å²) in [6.45, 7) is 5.69. The second-order valence-corrected chi connectivity index (χ2v) is 4.79. The summed E-state index contributed by atoms with van der Waals surface area (Å²) in [7, 11) is 0. The van der Waals surface area contributed by atoms with E-state index in [0.29, 0.717) is 17.9 Å². The van der Waals surface area contributed by atoms with Crippen molar-refractivity contribution in [2.24, 2.45) is 5.84 Å². The summed E-state index contributed by atoms with van der Waals surface area (Å²) in [6.07, 6.45) is 2.12. The lowest BCUT2D eigenvalue weighted by Gasteiger charge is -2.19. The van der Waals surface area contributed by atoms with Gasteiger partial charge in [-0.1, -0.05) is 0 Å². The molecule has 21 heavy (non-hydrogen) atoms. The van der Waals surface area contributed by atoms with Crippen LogP contribution in [-0.2, 0) is 4.79 Å². The van der Waals surface area contributed by atoms with E-state index in [1.54, 1.807) is 0 Å². The minimum Gasteiger partial charge on any atom is -0.352 e. The van der Waals surface area contributed by atoms with Crippen LogP contribution in [0.5, 0.6) is 0 Å². The number of nitrogens with one attached hydrogen (secondary N) is 3. The van der Waals surface area contributed by atoms with Gasteiger partial charge in [-0.15, -0.1) is 0 Å². The molecule has 1 aliphatic rings. The van der Waals surface area contributed by atoms with Crippen molar-refractivity contribution in [3.8, 4) is 0 Å². The molecule has 0 radical (unpaired) electrons. The Morgan fingerprint density at radius 3 is 2.48 bits per heavy atom. The fraction of sp³-hybridized carbons (Fsp3) is 0.667. The van der Waals surface area contributed by atoms with E-state index in [1.165, 1.54) is 0 Å². The molecule has 1 aromatic rings. The Bertz CT molecular complexity index is 486. The lowest BCUT2D eigenvalue weighted by Crippen LogP contribution is -2.32. The van der Waals surface area contributed by atoms with Gasteiger partial charge >= 0.3 is 0 Å². The second kappa shape index (κ2) is 7.02. The number of nitrogen functional groups attached to an aromatic ring is 1.